The number of nitro groups is 1. The molecule has 1 aliphatic rings. The number of nitrogens with one attached hydrogen (secondary N) is 1. The van der Waals surface area contributed by atoms with E-state index in [2.05, 4.69) is 17.1 Å². The van der Waals surface area contributed by atoms with E-state index < -0.39 is 0 Å². The van der Waals surface area contributed by atoms with E-state index in [-0.39, 0.29) is 9.92 Å². The number of nitrogens with zero attached hydrogens (tertiary/aromatic N) is 2. The zero-order valence-electron chi connectivity index (χ0n) is 10.8. The molecule has 0 radical (unpaired) electrons. The van der Waals surface area contributed by atoms with Crippen molar-refractivity contribution in [2.45, 2.75) is 19.4 Å². The van der Waals surface area contributed by atoms with Crippen LogP contribution < -0.4 is 5.32 Å². The van der Waals surface area contributed by atoms with Crippen molar-refractivity contribution in [2.24, 2.45) is 5.92 Å². The molecule has 5 nitrogen and oxygen atoms in total. The minimum Gasteiger partial charge on any atom is -0.319 e. The maximum absolute atomic E-state index is 10.8. The van der Waals surface area contributed by atoms with Crippen molar-refractivity contribution in [3.63, 3.8) is 0 Å². The van der Waals surface area contributed by atoms with E-state index in [1.54, 1.807) is 6.07 Å². The van der Waals surface area contributed by atoms with E-state index in [9.17, 15) is 10.1 Å². The van der Waals surface area contributed by atoms with Crippen LogP contribution in [-0.2, 0) is 0 Å². The largest absolute Gasteiger partial charge is 0.324 e. The van der Waals surface area contributed by atoms with Crippen LogP contribution in [0.3, 0.4) is 0 Å². The summed E-state index contributed by atoms with van der Waals surface area (Å²) < 4.78 is 0. The standard InChI is InChI=1S/C12H19N3O2S/c1-3-14-7-6-9(8-13-2)12(14)10-4-5-11(18-10)15(16)17/h4-5,9,12-13H,3,6-8H2,1-2H3. The Bertz CT molecular complexity index is 421. The fourth-order valence-electron chi connectivity index (χ4n) is 2.77. The Labute approximate surface area is 111 Å². The van der Waals surface area contributed by atoms with Crippen LogP contribution in [0.4, 0.5) is 5.00 Å². The van der Waals surface area contributed by atoms with Crippen molar-refractivity contribution >= 4 is 16.3 Å². The van der Waals surface area contributed by atoms with Crippen LogP contribution in [0.1, 0.15) is 24.3 Å². The normalized spacial score (nSPS) is 24.6. The smallest absolute Gasteiger partial charge is 0.319 e. The minimum atomic E-state index is -0.299. The van der Waals surface area contributed by atoms with Crippen LogP contribution in [0.25, 0.3) is 0 Å². The van der Waals surface area contributed by atoms with Crippen LogP contribution in [0.2, 0.25) is 0 Å². The summed E-state index contributed by atoms with van der Waals surface area (Å²) in [4.78, 5) is 14.0. The van der Waals surface area contributed by atoms with Gasteiger partial charge in [0.2, 0.25) is 0 Å². The molecule has 1 aromatic rings. The monoisotopic (exact) mass is 269 g/mol. The van der Waals surface area contributed by atoms with Crippen molar-refractivity contribution in [1.82, 2.24) is 10.2 Å². The molecule has 0 saturated carbocycles. The third-order valence-corrected chi connectivity index (χ3v) is 4.69. The Hall–Kier alpha value is -0.980. The second-order valence-corrected chi connectivity index (χ2v) is 5.71. The Kier molecular flexibility index (Phi) is 4.31. The van der Waals surface area contributed by atoms with Crippen LogP contribution in [0.5, 0.6) is 0 Å². The van der Waals surface area contributed by atoms with Gasteiger partial charge in [0.15, 0.2) is 0 Å². The summed E-state index contributed by atoms with van der Waals surface area (Å²) in [7, 11) is 1.96. The first-order valence-electron chi connectivity index (χ1n) is 6.30. The van der Waals surface area contributed by atoms with Gasteiger partial charge >= 0.3 is 5.00 Å². The summed E-state index contributed by atoms with van der Waals surface area (Å²) in [5, 5.41) is 14.3. The minimum absolute atomic E-state index is 0.246. The molecule has 0 bridgehead atoms. The highest BCUT2D eigenvalue weighted by atomic mass is 32.1. The lowest BCUT2D eigenvalue weighted by Gasteiger charge is -2.26. The molecule has 1 aliphatic heterocycles. The summed E-state index contributed by atoms with van der Waals surface area (Å²) in [5.74, 6) is 0.549. The Morgan fingerprint density at radius 1 is 1.61 bits per heavy atom. The van der Waals surface area contributed by atoms with E-state index in [1.807, 2.05) is 13.1 Å². The van der Waals surface area contributed by atoms with Gasteiger partial charge in [0.1, 0.15) is 0 Å². The van der Waals surface area contributed by atoms with Gasteiger partial charge in [-0.3, -0.25) is 15.0 Å². The zero-order chi connectivity index (χ0) is 13.1. The molecule has 1 N–H and O–H groups in total. The van der Waals surface area contributed by atoms with Crippen molar-refractivity contribution in [2.75, 3.05) is 26.7 Å². The van der Waals surface area contributed by atoms with E-state index >= 15 is 0 Å². The predicted octanol–water partition coefficient (Wildman–Crippen LogP) is 2.26. The highest BCUT2D eigenvalue weighted by Gasteiger charge is 2.35. The van der Waals surface area contributed by atoms with E-state index in [0.29, 0.717) is 12.0 Å². The topological polar surface area (TPSA) is 58.4 Å². The zero-order valence-corrected chi connectivity index (χ0v) is 11.6. The molecule has 6 heteroatoms. The highest BCUT2D eigenvalue weighted by Crippen LogP contribution is 2.41. The molecular weight excluding hydrogens is 250 g/mol. The van der Waals surface area contributed by atoms with Crippen LogP contribution in [-0.4, -0.2) is 36.5 Å². The number of hydrogen-bond donors (Lipinski definition) is 1. The van der Waals surface area contributed by atoms with Gasteiger partial charge in [-0.25, -0.2) is 0 Å². The third kappa shape index (κ3) is 2.55. The average Bonchev–Trinajstić information content (AvgIpc) is 2.94. The summed E-state index contributed by atoms with van der Waals surface area (Å²) in [6, 6.07) is 3.88. The summed E-state index contributed by atoms with van der Waals surface area (Å²) >= 11 is 1.32. The Balaban J connectivity index is 2.22. The van der Waals surface area contributed by atoms with Gasteiger partial charge in [-0.2, -0.15) is 0 Å². The molecule has 2 unspecified atom stereocenters. The van der Waals surface area contributed by atoms with Gasteiger partial charge in [0, 0.05) is 17.0 Å². The molecule has 0 amide bonds. The number of hydrogen-bond acceptors (Lipinski definition) is 5. The predicted molar refractivity (Wildman–Crippen MR) is 73.0 cm³/mol. The highest BCUT2D eigenvalue weighted by molar-refractivity contribution is 7.15. The van der Waals surface area contributed by atoms with Gasteiger partial charge in [0.05, 0.1) is 4.92 Å². The quantitative estimate of drug-likeness (QED) is 0.658. The number of rotatable bonds is 5. The molecular formula is C12H19N3O2S. The van der Waals surface area contributed by atoms with Gasteiger partial charge in [-0.05, 0) is 45.1 Å². The maximum atomic E-state index is 10.8. The van der Waals surface area contributed by atoms with E-state index in [4.69, 9.17) is 0 Å². The van der Waals surface area contributed by atoms with Crippen molar-refractivity contribution in [3.05, 3.63) is 27.1 Å². The first-order chi connectivity index (χ1) is 8.67. The maximum Gasteiger partial charge on any atom is 0.324 e. The van der Waals surface area contributed by atoms with Crippen molar-refractivity contribution < 1.29 is 4.92 Å². The van der Waals surface area contributed by atoms with Crippen molar-refractivity contribution in [3.8, 4) is 0 Å². The molecule has 100 valence electrons. The molecule has 18 heavy (non-hydrogen) atoms. The summed E-state index contributed by atoms with van der Waals surface area (Å²) in [5.41, 5.74) is 0. The van der Waals surface area contributed by atoms with E-state index in [0.717, 1.165) is 30.9 Å². The Morgan fingerprint density at radius 2 is 2.39 bits per heavy atom. The number of thiophene rings is 1. The molecule has 2 heterocycles. The van der Waals surface area contributed by atoms with Gasteiger partial charge in [0.25, 0.3) is 0 Å². The summed E-state index contributed by atoms with van der Waals surface area (Å²) in [6.07, 6.45) is 1.16. The SMILES string of the molecule is CCN1CCC(CNC)C1c1ccc([N+](=O)[O-])s1. The second kappa shape index (κ2) is 5.77. The molecule has 0 aliphatic carbocycles. The van der Waals surface area contributed by atoms with E-state index in [1.165, 1.54) is 11.3 Å². The molecule has 2 rings (SSSR count). The molecule has 1 fully saturated rings. The first-order valence-corrected chi connectivity index (χ1v) is 7.11. The molecule has 1 aromatic heterocycles. The van der Waals surface area contributed by atoms with Gasteiger partial charge < -0.3 is 5.32 Å². The fraction of sp³-hybridized carbons (Fsp3) is 0.667. The summed E-state index contributed by atoms with van der Waals surface area (Å²) in [6.45, 7) is 5.19. The third-order valence-electron chi connectivity index (χ3n) is 3.58. The van der Waals surface area contributed by atoms with Gasteiger partial charge in [-0.1, -0.05) is 18.3 Å². The second-order valence-electron chi connectivity index (χ2n) is 4.61. The van der Waals surface area contributed by atoms with Gasteiger partial charge in [-0.15, -0.1) is 0 Å². The molecule has 0 aromatic carbocycles. The van der Waals surface area contributed by atoms with Crippen LogP contribution in [0.15, 0.2) is 12.1 Å². The Morgan fingerprint density at radius 3 is 2.94 bits per heavy atom. The number of likely N-dealkylation sites (tertiary alicyclic amines) is 1. The molecule has 0 spiro atoms. The molecule has 2 atom stereocenters. The average molecular weight is 269 g/mol. The molecule has 1 saturated heterocycles. The fourth-order valence-corrected chi connectivity index (χ4v) is 3.82. The van der Waals surface area contributed by atoms with Crippen LogP contribution in [0, 0.1) is 16.0 Å². The van der Waals surface area contributed by atoms with Crippen LogP contribution >= 0.6 is 11.3 Å². The lowest BCUT2D eigenvalue weighted by atomic mass is 9.99. The lowest BCUT2D eigenvalue weighted by Crippen LogP contribution is -2.28. The lowest BCUT2D eigenvalue weighted by molar-refractivity contribution is -0.380. The van der Waals surface area contributed by atoms with Crippen molar-refractivity contribution in [1.29, 1.82) is 0 Å². The first kappa shape index (κ1) is 13.5.